The van der Waals surface area contributed by atoms with Crippen LogP contribution >= 0.6 is 0 Å². The molecule has 10 heteroatoms. The molecule has 0 saturated carbocycles. The highest BCUT2D eigenvalue weighted by atomic mass is 19.2. The summed E-state index contributed by atoms with van der Waals surface area (Å²) in [7, 11) is 0. The van der Waals surface area contributed by atoms with Crippen LogP contribution < -0.4 is 16.9 Å². The Bertz CT molecular complexity index is 994. The van der Waals surface area contributed by atoms with Crippen molar-refractivity contribution in [3.8, 4) is 0 Å². The van der Waals surface area contributed by atoms with Gasteiger partial charge in [0.2, 0.25) is 0 Å². The van der Waals surface area contributed by atoms with E-state index in [-0.39, 0.29) is 30.9 Å². The van der Waals surface area contributed by atoms with Crippen LogP contribution in [0.3, 0.4) is 0 Å². The molecule has 3 rings (SSSR count). The van der Waals surface area contributed by atoms with E-state index < -0.39 is 34.6 Å². The predicted octanol–water partition coefficient (Wildman–Crippen LogP) is 2.97. The molecule has 0 unspecified atom stereocenters. The molecule has 2 aromatic rings. The number of nitrogens with zero attached hydrogens (tertiary/aromatic N) is 2. The second kappa shape index (κ2) is 10.4. The molecule has 1 aliphatic heterocycles. The van der Waals surface area contributed by atoms with Gasteiger partial charge in [0.25, 0.3) is 5.91 Å². The number of carbonyl (C=O) groups excluding carboxylic acids is 1. The molecule has 1 fully saturated rings. The number of amides is 1. The lowest BCUT2D eigenvalue weighted by Gasteiger charge is -2.47. The van der Waals surface area contributed by atoms with Crippen molar-refractivity contribution in [2.75, 3.05) is 25.0 Å². The van der Waals surface area contributed by atoms with Gasteiger partial charge in [-0.1, -0.05) is 19.9 Å². The maximum atomic E-state index is 14.5. The first kappa shape index (κ1) is 25.0. The van der Waals surface area contributed by atoms with E-state index in [1.807, 2.05) is 13.8 Å². The standard InChI is InChI=1S/C20H22F3N5O2.C2H6/c1-12-2-5-16(15(22)8-12)26-18-13(3-4-14(21)17(18)23)19(29)27-9-20(30,10-27)11-28(25)7-6-24;1-2/h2-8,26,30H,9-11,24-25H2,1H3;1-2H3/b7-6-;. The van der Waals surface area contributed by atoms with Crippen molar-refractivity contribution in [3.63, 3.8) is 0 Å². The van der Waals surface area contributed by atoms with Crippen LogP contribution in [-0.4, -0.2) is 46.2 Å². The summed E-state index contributed by atoms with van der Waals surface area (Å²) in [4.78, 5) is 14.1. The van der Waals surface area contributed by atoms with E-state index in [1.165, 1.54) is 34.4 Å². The first-order valence-electron chi connectivity index (χ1n) is 10.1. The van der Waals surface area contributed by atoms with E-state index in [9.17, 15) is 23.1 Å². The Hall–Kier alpha value is -3.24. The van der Waals surface area contributed by atoms with Crippen LogP contribution in [0.15, 0.2) is 42.7 Å². The van der Waals surface area contributed by atoms with Gasteiger partial charge in [-0.3, -0.25) is 4.79 Å². The lowest BCUT2D eigenvalue weighted by molar-refractivity contribution is -0.0924. The van der Waals surface area contributed by atoms with Crippen molar-refractivity contribution in [3.05, 3.63) is 71.3 Å². The number of rotatable bonds is 6. The molecular formula is C22H28F3N5O2. The number of nitrogens with two attached hydrogens (primary N) is 2. The first-order valence-corrected chi connectivity index (χ1v) is 10.1. The normalized spacial score (nSPS) is 14.4. The number of nitrogens with one attached hydrogen (secondary N) is 1. The van der Waals surface area contributed by atoms with Gasteiger partial charge in [0.15, 0.2) is 11.6 Å². The highest BCUT2D eigenvalue weighted by Gasteiger charge is 2.45. The summed E-state index contributed by atoms with van der Waals surface area (Å²) in [5.41, 5.74) is 3.82. The monoisotopic (exact) mass is 451 g/mol. The van der Waals surface area contributed by atoms with Crippen LogP contribution in [0.1, 0.15) is 29.8 Å². The largest absolute Gasteiger partial charge is 0.403 e. The highest BCUT2D eigenvalue weighted by Crippen LogP contribution is 2.31. The van der Waals surface area contributed by atoms with Gasteiger partial charge < -0.3 is 26.1 Å². The van der Waals surface area contributed by atoms with Gasteiger partial charge in [-0.05, 0) is 36.8 Å². The first-order chi connectivity index (χ1) is 15.1. The van der Waals surface area contributed by atoms with Gasteiger partial charge in [0.1, 0.15) is 11.4 Å². The molecule has 1 saturated heterocycles. The number of hydrogen-bond acceptors (Lipinski definition) is 6. The number of hydrogen-bond donors (Lipinski definition) is 4. The SMILES string of the molecule is CC.Cc1ccc(Nc2c(C(=O)N3CC(O)(CN(N)/C=C\N)C3)ccc(F)c2F)c(F)c1. The molecule has 0 aliphatic carbocycles. The number of anilines is 2. The minimum atomic E-state index is -1.31. The van der Waals surface area contributed by atoms with Gasteiger partial charge in [0, 0.05) is 12.4 Å². The zero-order valence-electron chi connectivity index (χ0n) is 18.2. The Morgan fingerprint density at radius 3 is 2.47 bits per heavy atom. The smallest absolute Gasteiger partial charge is 0.256 e. The third kappa shape index (κ3) is 5.51. The third-order valence-corrected chi connectivity index (χ3v) is 4.72. The highest BCUT2D eigenvalue weighted by molar-refractivity contribution is 6.01. The van der Waals surface area contributed by atoms with Crippen LogP contribution in [0.4, 0.5) is 24.5 Å². The molecule has 1 amide bonds. The number of β-amino-alcohol motifs (C(OH)–C–C–N with tert-alkyl or cyclic N) is 1. The molecule has 0 spiro atoms. The van der Waals surface area contributed by atoms with E-state index in [0.29, 0.717) is 5.56 Å². The van der Waals surface area contributed by atoms with Crippen LogP contribution in [0, 0.1) is 24.4 Å². The zero-order chi connectivity index (χ0) is 24.1. The minimum Gasteiger partial charge on any atom is -0.403 e. The summed E-state index contributed by atoms with van der Waals surface area (Å²) in [6, 6.07) is 6.11. The third-order valence-electron chi connectivity index (χ3n) is 4.72. The molecule has 174 valence electrons. The Kier molecular flexibility index (Phi) is 8.12. The Morgan fingerprint density at radius 2 is 1.88 bits per heavy atom. The second-order valence-electron chi connectivity index (χ2n) is 7.29. The van der Waals surface area contributed by atoms with Gasteiger partial charge >= 0.3 is 0 Å². The van der Waals surface area contributed by atoms with E-state index in [1.54, 1.807) is 13.0 Å². The van der Waals surface area contributed by atoms with Crippen molar-refractivity contribution in [2.24, 2.45) is 11.6 Å². The van der Waals surface area contributed by atoms with Crippen LogP contribution in [0.5, 0.6) is 0 Å². The number of benzene rings is 2. The number of aliphatic hydroxyl groups is 1. The van der Waals surface area contributed by atoms with Gasteiger partial charge in [-0.15, -0.1) is 0 Å². The summed E-state index contributed by atoms with van der Waals surface area (Å²) < 4.78 is 42.5. The maximum absolute atomic E-state index is 14.5. The molecule has 1 aliphatic rings. The van der Waals surface area contributed by atoms with E-state index in [2.05, 4.69) is 5.32 Å². The Labute approximate surface area is 185 Å². The van der Waals surface area contributed by atoms with E-state index >= 15 is 0 Å². The topological polar surface area (TPSA) is 108 Å². The van der Waals surface area contributed by atoms with Crippen molar-refractivity contribution in [1.29, 1.82) is 0 Å². The van der Waals surface area contributed by atoms with Crippen molar-refractivity contribution in [1.82, 2.24) is 9.91 Å². The molecule has 0 aromatic heterocycles. The maximum Gasteiger partial charge on any atom is 0.256 e. The van der Waals surface area contributed by atoms with Gasteiger partial charge in [-0.25, -0.2) is 19.0 Å². The molecule has 0 atom stereocenters. The molecule has 1 heterocycles. The van der Waals surface area contributed by atoms with Crippen molar-refractivity contribution < 1.29 is 23.1 Å². The molecule has 2 aromatic carbocycles. The van der Waals surface area contributed by atoms with Gasteiger partial charge in [0.05, 0.1) is 36.6 Å². The Balaban J connectivity index is 0.00000176. The number of hydrazine groups is 1. The summed E-state index contributed by atoms with van der Waals surface area (Å²) in [6.07, 6.45) is 2.56. The molecule has 7 nitrogen and oxygen atoms in total. The minimum absolute atomic E-state index is 0.0158. The van der Waals surface area contributed by atoms with Crippen molar-refractivity contribution in [2.45, 2.75) is 26.4 Å². The van der Waals surface area contributed by atoms with Crippen LogP contribution in [-0.2, 0) is 0 Å². The quantitative estimate of drug-likeness (QED) is 0.397. The van der Waals surface area contributed by atoms with Gasteiger partial charge in [-0.2, -0.15) is 0 Å². The summed E-state index contributed by atoms with van der Waals surface area (Å²) in [6.45, 7) is 5.55. The average molecular weight is 451 g/mol. The number of aryl methyl sites for hydroxylation is 1. The number of halogens is 3. The number of carbonyl (C=O) groups is 1. The zero-order valence-corrected chi connectivity index (χ0v) is 18.2. The molecule has 0 bridgehead atoms. The van der Waals surface area contributed by atoms with E-state index in [4.69, 9.17) is 11.6 Å². The van der Waals surface area contributed by atoms with Crippen LogP contribution in [0.2, 0.25) is 0 Å². The second-order valence-corrected chi connectivity index (χ2v) is 7.29. The molecule has 0 radical (unpaired) electrons. The number of likely N-dealkylation sites (tertiary alicyclic amines) is 1. The molecule has 32 heavy (non-hydrogen) atoms. The fourth-order valence-corrected chi connectivity index (χ4v) is 3.29. The summed E-state index contributed by atoms with van der Waals surface area (Å²) in [5.74, 6) is 1.84. The van der Waals surface area contributed by atoms with Crippen molar-refractivity contribution >= 4 is 17.3 Å². The summed E-state index contributed by atoms with van der Waals surface area (Å²) in [5, 5.41) is 14.1. The average Bonchev–Trinajstić information content (AvgIpc) is 2.72. The van der Waals surface area contributed by atoms with Crippen LogP contribution in [0.25, 0.3) is 0 Å². The Morgan fingerprint density at radius 1 is 1.22 bits per heavy atom. The lowest BCUT2D eigenvalue weighted by atomic mass is 9.92. The lowest BCUT2D eigenvalue weighted by Crippen LogP contribution is -2.67. The molecular weight excluding hydrogens is 423 g/mol. The molecule has 6 N–H and O–H groups in total. The fraction of sp³-hybridized carbons (Fsp3) is 0.318. The predicted molar refractivity (Wildman–Crippen MR) is 117 cm³/mol. The fourth-order valence-electron chi connectivity index (χ4n) is 3.29. The van der Waals surface area contributed by atoms with E-state index in [0.717, 1.165) is 12.1 Å². The summed E-state index contributed by atoms with van der Waals surface area (Å²) >= 11 is 0.